The van der Waals surface area contributed by atoms with Crippen molar-refractivity contribution in [2.75, 3.05) is 6.26 Å². The van der Waals surface area contributed by atoms with Gasteiger partial charge in [0.15, 0.2) is 0 Å². The van der Waals surface area contributed by atoms with E-state index in [1.165, 1.54) is 12.8 Å². The number of hydrogen-bond acceptors (Lipinski definition) is 1. The van der Waals surface area contributed by atoms with Crippen LogP contribution in [0.25, 0.3) is 0 Å². The number of allylic oxidation sites excluding steroid dienone is 3. The predicted molar refractivity (Wildman–Crippen MR) is 65.0 cm³/mol. The van der Waals surface area contributed by atoms with E-state index in [4.69, 9.17) is 0 Å². The zero-order chi connectivity index (χ0) is 10.1. The normalized spacial score (nSPS) is 16.9. The van der Waals surface area contributed by atoms with Gasteiger partial charge in [-0.25, -0.2) is 0 Å². The van der Waals surface area contributed by atoms with Crippen LogP contribution in [0.1, 0.15) is 33.6 Å². The highest BCUT2D eigenvalue weighted by Crippen LogP contribution is 2.21. The van der Waals surface area contributed by atoms with E-state index in [9.17, 15) is 0 Å². The summed E-state index contributed by atoms with van der Waals surface area (Å²) >= 11 is 1.79. The Morgan fingerprint density at radius 1 is 1.31 bits per heavy atom. The molecule has 0 bridgehead atoms. The Morgan fingerprint density at radius 2 is 2.00 bits per heavy atom. The molecule has 0 N–H and O–H groups in total. The molecular formula is C12H22S. The summed E-state index contributed by atoms with van der Waals surface area (Å²) in [5.74, 6) is 1.39. The Kier molecular flexibility index (Phi) is 8.32. The molecule has 0 amide bonds. The molecule has 0 spiro atoms. The van der Waals surface area contributed by atoms with Crippen LogP contribution in [0, 0.1) is 11.8 Å². The maximum absolute atomic E-state index is 2.35. The van der Waals surface area contributed by atoms with E-state index in [2.05, 4.69) is 50.7 Å². The number of rotatable bonds is 6. The van der Waals surface area contributed by atoms with Crippen molar-refractivity contribution in [2.45, 2.75) is 33.6 Å². The quantitative estimate of drug-likeness (QED) is 0.567. The van der Waals surface area contributed by atoms with Gasteiger partial charge in [-0.2, -0.15) is 0 Å². The van der Waals surface area contributed by atoms with Gasteiger partial charge in [-0.3, -0.25) is 0 Å². The van der Waals surface area contributed by atoms with Gasteiger partial charge in [0.1, 0.15) is 0 Å². The molecule has 0 aliphatic heterocycles. The van der Waals surface area contributed by atoms with Crippen molar-refractivity contribution in [3.8, 4) is 0 Å². The van der Waals surface area contributed by atoms with Crippen LogP contribution in [0.3, 0.4) is 0 Å². The second kappa shape index (κ2) is 8.43. The summed E-state index contributed by atoms with van der Waals surface area (Å²) in [6, 6.07) is 0. The fraction of sp³-hybridized carbons (Fsp3) is 0.667. The Morgan fingerprint density at radius 3 is 2.46 bits per heavy atom. The second-order valence-electron chi connectivity index (χ2n) is 3.40. The van der Waals surface area contributed by atoms with Crippen molar-refractivity contribution < 1.29 is 0 Å². The van der Waals surface area contributed by atoms with Crippen LogP contribution in [0.5, 0.6) is 0 Å². The molecule has 0 heterocycles. The Labute approximate surface area is 87.5 Å². The molecular weight excluding hydrogens is 176 g/mol. The highest BCUT2D eigenvalue weighted by atomic mass is 32.2. The molecule has 2 unspecified atom stereocenters. The molecule has 0 aliphatic carbocycles. The third-order valence-corrected chi connectivity index (χ3v) is 2.68. The van der Waals surface area contributed by atoms with Crippen molar-refractivity contribution in [1.82, 2.24) is 0 Å². The molecule has 0 saturated heterocycles. The van der Waals surface area contributed by atoms with Crippen molar-refractivity contribution in [3.63, 3.8) is 0 Å². The van der Waals surface area contributed by atoms with Crippen LogP contribution in [0.15, 0.2) is 23.6 Å². The molecule has 76 valence electrons. The van der Waals surface area contributed by atoms with Crippen LogP contribution >= 0.6 is 11.8 Å². The summed E-state index contributed by atoms with van der Waals surface area (Å²) in [5.41, 5.74) is 0. The molecule has 0 aromatic heterocycles. The molecule has 13 heavy (non-hydrogen) atoms. The lowest BCUT2D eigenvalue weighted by Gasteiger charge is -2.16. The van der Waals surface area contributed by atoms with Crippen molar-refractivity contribution in [2.24, 2.45) is 11.8 Å². The van der Waals surface area contributed by atoms with Crippen molar-refractivity contribution in [3.05, 3.63) is 23.6 Å². The van der Waals surface area contributed by atoms with Crippen LogP contribution in [0.4, 0.5) is 0 Å². The van der Waals surface area contributed by atoms with E-state index < -0.39 is 0 Å². The minimum absolute atomic E-state index is 0.674. The molecule has 0 aromatic carbocycles. The van der Waals surface area contributed by atoms with Gasteiger partial charge in [-0.05, 0) is 36.8 Å². The van der Waals surface area contributed by atoms with Crippen LogP contribution in [0.2, 0.25) is 0 Å². The van der Waals surface area contributed by atoms with Gasteiger partial charge in [0.25, 0.3) is 0 Å². The minimum atomic E-state index is 0.674. The standard InChI is InChI=1S/C12H22S/c1-5-7-11(3)12(8-6-2)9-10-13-4/h5,7,9-12H,6,8H2,1-4H3/b7-5?,10-9-. The van der Waals surface area contributed by atoms with E-state index in [1.54, 1.807) is 11.8 Å². The number of thioether (sulfide) groups is 1. The summed E-state index contributed by atoms with van der Waals surface area (Å²) in [4.78, 5) is 0. The first-order valence-corrected chi connectivity index (χ1v) is 6.37. The van der Waals surface area contributed by atoms with Gasteiger partial charge in [-0.1, -0.05) is 38.5 Å². The third-order valence-electron chi connectivity index (χ3n) is 2.26. The average Bonchev–Trinajstić information content (AvgIpc) is 2.12. The van der Waals surface area contributed by atoms with E-state index in [0.717, 1.165) is 0 Å². The fourth-order valence-corrected chi connectivity index (χ4v) is 1.85. The third kappa shape index (κ3) is 5.98. The minimum Gasteiger partial charge on any atom is -0.138 e. The topological polar surface area (TPSA) is 0 Å². The van der Waals surface area contributed by atoms with Crippen LogP contribution in [-0.4, -0.2) is 6.26 Å². The highest BCUT2D eigenvalue weighted by molar-refractivity contribution is 8.01. The molecule has 0 aliphatic rings. The first-order valence-electron chi connectivity index (χ1n) is 5.08. The fourth-order valence-electron chi connectivity index (χ4n) is 1.49. The summed E-state index contributed by atoms with van der Waals surface area (Å²) in [5, 5.41) is 2.21. The first kappa shape index (κ1) is 12.8. The molecule has 1 heteroatoms. The Bertz CT molecular complexity index is 159. The second-order valence-corrected chi connectivity index (χ2v) is 4.15. The van der Waals surface area contributed by atoms with Crippen molar-refractivity contribution >= 4 is 11.8 Å². The van der Waals surface area contributed by atoms with Gasteiger partial charge in [0, 0.05) is 0 Å². The maximum atomic E-state index is 2.35. The van der Waals surface area contributed by atoms with Crippen LogP contribution < -0.4 is 0 Å². The Hall–Kier alpha value is -0.170. The molecule has 2 atom stereocenters. The first-order chi connectivity index (χ1) is 6.26. The monoisotopic (exact) mass is 198 g/mol. The molecule has 0 aromatic rings. The molecule has 0 saturated carbocycles. The summed E-state index contributed by atoms with van der Waals surface area (Å²) in [6.45, 7) is 6.64. The van der Waals surface area contributed by atoms with Crippen LogP contribution in [-0.2, 0) is 0 Å². The van der Waals surface area contributed by atoms with E-state index in [0.29, 0.717) is 11.8 Å². The largest absolute Gasteiger partial charge is 0.138 e. The van der Waals surface area contributed by atoms with Gasteiger partial charge >= 0.3 is 0 Å². The summed E-state index contributed by atoms with van der Waals surface area (Å²) < 4.78 is 0. The average molecular weight is 198 g/mol. The van der Waals surface area contributed by atoms with E-state index in [1.807, 2.05) is 0 Å². The van der Waals surface area contributed by atoms with Gasteiger partial charge in [0.05, 0.1) is 0 Å². The van der Waals surface area contributed by atoms with Gasteiger partial charge < -0.3 is 0 Å². The molecule has 0 rings (SSSR count). The zero-order valence-electron chi connectivity index (χ0n) is 9.29. The Balaban J connectivity index is 4.13. The highest BCUT2D eigenvalue weighted by Gasteiger charge is 2.09. The lowest BCUT2D eigenvalue weighted by Crippen LogP contribution is -2.06. The van der Waals surface area contributed by atoms with E-state index in [-0.39, 0.29) is 0 Å². The summed E-state index contributed by atoms with van der Waals surface area (Å²) in [6.07, 6.45) is 11.5. The lowest BCUT2D eigenvalue weighted by molar-refractivity contribution is 0.471. The lowest BCUT2D eigenvalue weighted by atomic mass is 9.90. The molecule has 0 nitrogen and oxygen atoms in total. The van der Waals surface area contributed by atoms with E-state index >= 15 is 0 Å². The smallest absolute Gasteiger partial charge is 0.0142 e. The van der Waals surface area contributed by atoms with Gasteiger partial charge in [0.2, 0.25) is 0 Å². The zero-order valence-corrected chi connectivity index (χ0v) is 10.1. The molecule has 0 fully saturated rings. The number of hydrogen-bond donors (Lipinski definition) is 0. The van der Waals surface area contributed by atoms with Gasteiger partial charge in [-0.15, -0.1) is 11.8 Å². The maximum Gasteiger partial charge on any atom is -0.0142 e. The summed E-state index contributed by atoms with van der Waals surface area (Å²) in [7, 11) is 0. The predicted octanol–water partition coefficient (Wildman–Crippen LogP) is 4.49. The SMILES string of the molecule is CC=CC(C)C(/C=C\SC)CCC. The van der Waals surface area contributed by atoms with Crippen molar-refractivity contribution in [1.29, 1.82) is 0 Å². The molecule has 0 radical (unpaired) electrons.